The highest BCUT2D eigenvalue weighted by molar-refractivity contribution is 5.81. The van der Waals surface area contributed by atoms with Gasteiger partial charge in [-0.25, -0.2) is 0 Å². The van der Waals surface area contributed by atoms with E-state index in [0.29, 0.717) is 6.10 Å². The van der Waals surface area contributed by atoms with E-state index >= 15 is 0 Å². The Morgan fingerprint density at radius 1 is 1.37 bits per heavy atom. The van der Waals surface area contributed by atoms with E-state index in [9.17, 15) is 0 Å². The molecule has 2 heterocycles. The van der Waals surface area contributed by atoms with Gasteiger partial charge in [0.05, 0.1) is 12.2 Å². The minimum Gasteiger partial charge on any atom is -0.491 e. The molecule has 0 amide bonds. The molecule has 19 heavy (non-hydrogen) atoms. The van der Waals surface area contributed by atoms with Crippen molar-refractivity contribution in [2.45, 2.75) is 45.4 Å². The van der Waals surface area contributed by atoms with Crippen molar-refractivity contribution in [2.75, 3.05) is 6.61 Å². The maximum absolute atomic E-state index is 5.73. The van der Waals surface area contributed by atoms with Crippen molar-refractivity contribution in [2.24, 2.45) is 0 Å². The summed E-state index contributed by atoms with van der Waals surface area (Å²) >= 11 is 0. The largest absolute Gasteiger partial charge is 0.491 e. The number of fused-ring (bicyclic) bond motifs is 1. The number of hydrogen-bond acceptors (Lipinski definition) is 2. The molecule has 102 valence electrons. The van der Waals surface area contributed by atoms with Crippen LogP contribution in [0.15, 0.2) is 30.5 Å². The van der Waals surface area contributed by atoms with Gasteiger partial charge < -0.3 is 14.0 Å². The van der Waals surface area contributed by atoms with Gasteiger partial charge in [0.25, 0.3) is 0 Å². The molecule has 0 saturated carbocycles. The van der Waals surface area contributed by atoms with Crippen molar-refractivity contribution < 1.29 is 9.47 Å². The molecular formula is C16H21NO2. The van der Waals surface area contributed by atoms with Gasteiger partial charge in [0.1, 0.15) is 5.75 Å². The second-order valence-electron chi connectivity index (χ2n) is 5.49. The van der Waals surface area contributed by atoms with E-state index in [1.165, 1.54) is 23.7 Å². The smallest absolute Gasteiger partial charge is 0.120 e. The maximum Gasteiger partial charge on any atom is 0.120 e. The molecule has 3 rings (SSSR count). The van der Waals surface area contributed by atoms with E-state index in [2.05, 4.69) is 29.0 Å². The molecule has 1 aliphatic rings. The van der Waals surface area contributed by atoms with Gasteiger partial charge in [-0.2, -0.15) is 0 Å². The fraction of sp³-hybridized carbons (Fsp3) is 0.500. The lowest BCUT2D eigenvalue weighted by Gasteiger charge is -2.13. The third kappa shape index (κ3) is 2.76. The second kappa shape index (κ2) is 5.25. The zero-order valence-electron chi connectivity index (χ0n) is 11.6. The van der Waals surface area contributed by atoms with Gasteiger partial charge in [-0.3, -0.25) is 0 Å². The van der Waals surface area contributed by atoms with Gasteiger partial charge in [0.2, 0.25) is 0 Å². The first-order valence-electron chi connectivity index (χ1n) is 7.09. The van der Waals surface area contributed by atoms with E-state index in [1.807, 2.05) is 19.9 Å². The Balaban J connectivity index is 1.82. The summed E-state index contributed by atoms with van der Waals surface area (Å²) in [6, 6.07) is 8.45. The van der Waals surface area contributed by atoms with Crippen molar-refractivity contribution in [3.63, 3.8) is 0 Å². The Bertz CT molecular complexity index is 553. The molecule has 1 aromatic carbocycles. The van der Waals surface area contributed by atoms with Crippen LogP contribution in [-0.4, -0.2) is 23.4 Å². The lowest BCUT2D eigenvalue weighted by molar-refractivity contribution is 0.0980. The Hall–Kier alpha value is -1.48. The number of nitrogens with zero attached hydrogens (tertiary/aromatic N) is 1. The summed E-state index contributed by atoms with van der Waals surface area (Å²) in [6.45, 7) is 5.96. The van der Waals surface area contributed by atoms with E-state index in [1.54, 1.807) is 0 Å². The first kappa shape index (κ1) is 12.5. The summed E-state index contributed by atoms with van der Waals surface area (Å²) in [4.78, 5) is 0. The Morgan fingerprint density at radius 3 is 3.00 bits per heavy atom. The molecule has 1 atom stereocenters. The lowest BCUT2D eigenvalue weighted by Crippen LogP contribution is -2.13. The standard InChI is InChI=1S/C16H21NO2/c1-12(2)19-14-5-6-16-13(10-14)7-8-17(16)11-15-4-3-9-18-15/h5-8,10,12,15H,3-4,9,11H2,1-2H3. The van der Waals surface area contributed by atoms with Gasteiger partial charge in [0.15, 0.2) is 0 Å². The van der Waals surface area contributed by atoms with E-state index in [0.717, 1.165) is 18.9 Å². The molecule has 0 spiro atoms. The highest BCUT2D eigenvalue weighted by Crippen LogP contribution is 2.24. The van der Waals surface area contributed by atoms with Gasteiger partial charge in [-0.05, 0) is 51.0 Å². The molecule has 0 bridgehead atoms. The number of hydrogen-bond donors (Lipinski definition) is 0. The van der Waals surface area contributed by atoms with Crippen molar-refractivity contribution in [1.29, 1.82) is 0 Å². The van der Waals surface area contributed by atoms with Crippen LogP contribution in [0.25, 0.3) is 10.9 Å². The number of ether oxygens (including phenoxy) is 2. The molecule has 1 unspecified atom stereocenters. The summed E-state index contributed by atoms with van der Waals surface area (Å²) in [5, 5.41) is 1.23. The summed E-state index contributed by atoms with van der Waals surface area (Å²) in [7, 11) is 0. The topological polar surface area (TPSA) is 23.4 Å². The molecular weight excluding hydrogens is 238 g/mol. The van der Waals surface area contributed by atoms with Gasteiger partial charge in [-0.1, -0.05) is 0 Å². The van der Waals surface area contributed by atoms with Crippen LogP contribution in [0, 0.1) is 0 Å². The fourth-order valence-electron chi connectivity index (χ4n) is 2.69. The molecule has 1 aliphatic heterocycles. The first-order valence-corrected chi connectivity index (χ1v) is 7.09. The van der Waals surface area contributed by atoms with Crippen LogP contribution < -0.4 is 4.74 Å². The van der Waals surface area contributed by atoms with Crippen LogP contribution >= 0.6 is 0 Å². The monoisotopic (exact) mass is 259 g/mol. The van der Waals surface area contributed by atoms with Gasteiger partial charge in [0, 0.05) is 30.3 Å². The van der Waals surface area contributed by atoms with Crippen LogP contribution in [0.3, 0.4) is 0 Å². The number of benzene rings is 1. The van der Waals surface area contributed by atoms with Crippen LogP contribution in [-0.2, 0) is 11.3 Å². The zero-order valence-corrected chi connectivity index (χ0v) is 11.6. The van der Waals surface area contributed by atoms with Crippen LogP contribution in [0.2, 0.25) is 0 Å². The van der Waals surface area contributed by atoms with E-state index in [-0.39, 0.29) is 6.10 Å². The highest BCUT2D eigenvalue weighted by Gasteiger charge is 2.16. The number of aromatic nitrogens is 1. The van der Waals surface area contributed by atoms with Crippen molar-refractivity contribution in [3.8, 4) is 5.75 Å². The molecule has 0 N–H and O–H groups in total. The molecule has 2 aromatic rings. The molecule has 1 saturated heterocycles. The molecule has 0 aliphatic carbocycles. The first-order chi connectivity index (χ1) is 9.22. The minimum atomic E-state index is 0.214. The summed E-state index contributed by atoms with van der Waals surface area (Å²) in [5.74, 6) is 0.942. The molecule has 3 heteroatoms. The summed E-state index contributed by atoms with van der Waals surface area (Å²) < 4.78 is 13.7. The molecule has 0 radical (unpaired) electrons. The molecule has 3 nitrogen and oxygen atoms in total. The average Bonchev–Trinajstić information content (AvgIpc) is 2.99. The quantitative estimate of drug-likeness (QED) is 0.837. The third-order valence-electron chi connectivity index (χ3n) is 3.54. The lowest BCUT2D eigenvalue weighted by atomic mass is 10.2. The summed E-state index contributed by atoms with van der Waals surface area (Å²) in [5.41, 5.74) is 1.26. The van der Waals surface area contributed by atoms with Crippen molar-refractivity contribution in [1.82, 2.24) is 4.57 Å². The molecule has 1 aromatic heterocycles. The van der Waals surface area contributed by atoms with Gasteiger partial charge in [-0.15, -0.1) is 0 Å². The SMILES string of the molecule is CC(C)Oc1ccc2c(ccn2CC2CCCO2)c1. The average molecular weight is 259 g/mol. The van der Waals surface area contributed by atoms with Gasteiger partial charge >= 0.3 is 0 Å². The van der Waals surface area contributed by atoms with Crippen LogP contribution in [0.5, 0.6) is 5.75 Å². The van der Waals surface area contributed by atoms with Crippen molar-refractivity contribution >= 4 is 10.9 Å². The van der Waals surface area contributed by atoms with E-state index < -0.39 is 0 Å². The summed E-state index contributed by atoms with van der Waals surface area (Å²) in [6.07, 6.45) is 5.10. The third-order valence-corrected chi connectivity index (χ3v) is 3.54. The van der Waals surface area contributed by atoms with Crippen LogP contribution in [0.4, 0.5) is 0 Å². The molecule has 1 fully saturated rings. The zero-order chi connectivity index (χ0) is 13.2. The number of rotatable bonds is 4. The Kier molecular flexibility index (Phi) is 3.47. The van der Waals surface area contributed by atoms with E-state index in [4.69, 9.17) is 9.47 Å². The second-order valence-corrected chi connectivity index (χ2v) is 5.49. The fourth-order valence-corrected chi connectivity index (χ4v) is 2.69. The van der Waals surface area contributed by atoms with Crippen LogP contribution in [0.1, 0.15) is 26.7 Å². The minimum absolute atomic E-state index is 0.214. The predicted molar refractivity (Wildman–Crippen MR) is 76.7 cm³/mol. The predicted octanol–water partition coefficient (Wildman–Crippen LogP) is 3.61. The van der Waals surface area contributed by atoms with Crippen molar-refractivity contribution in [3.05, 3.63) is 30.5 Å². The Morgan fingerprint density at radius 2 is 2.26 bits per heavy atom. The highest BCUT2D eigenvalue weighted by atomic mass is 16.5. The maximum atomic E-state index is 5.73. The normalized spacial score (nSPS) is 19.4. The Labute approximate surface area is 114 Å².